The lowest BCUT2D eigenvalue weighted by molar-refractivity contribution is -0.116. The van der Waals surface area contributed by atoms with Gasteiger partial charge in [0.15, 0.2) is 0 Å². The summed E-state index contributed by atoms with van der Waals surface area (Å²) in [6.45, 7) is 3.91. The molecule has 0 atom stereocenters. The molecular weight excluding hydrogens is 326 g/mol. The second kappa shape index (κ2) is 9.03. The Labute approximate surface area is 144 Å². The second-order valence-corrected chi connectivity index (χ2v) is 8.12. The summed E-state index contributed by atoms with van der Waals surface area (Å²) in [6.07, 6.45) is 4.29. The van der Waals surface area contributed by atoms with Gasteiger partial charge in [-0.2, -0.15) is 0 Å². The van der Waals surface area contributed by atoms with Gasteiger partial charge in [-0.25, -0.2) is 8.42 Å². The van der Waals surface area contributed by atoms with Crippen LogP contribution in [0.5, 0.6) is 0 Å². The Morgan fingerprint density at radius 2 is 1.79 bits per heavy atom. The average molecular weight is 353 g/mol. The van der Waals surface area contributed by atoms with Gasteiger partial charge in [-0.15, -0.1) is 0 Å². The maximum Gasteiger partial charge on any atom is 0.232 e. The Bertz CT molecular complexity index is 623. The van der Waals surface area contributed by atoms with Crippen molar-refractivity contribution in [2.24, 2.45) is 5.92 Å². The van der Waals surface area contributed by atoms with Gasteiger partial charge in [0.25, 0.3) is 0 Å². The summed E-state index contributed by atoms with van der Waals surface area (Å²) in [5, 5.41) is 6.19. The first-order chi connectivity index (χ1) is 11.5. The highest BCUT2D eigenvalue weighted by Crippen LogP contribution is 2.19. The molecule has 1 heterocycles. The van der Waals surface area contributed by atoms with E-state index in [1.54, 1.807) is 24.3 Å². The maximum atomic E-state index is 12.0. The first kappa shape index (κ1) is 18.7. The van der Waals surface area contributed by atoms with Crippen molar-refractivity contribution in [3.63, 3.8) is 0 Å². The number of carbonyl (C=O) groups is 1. The van der Waals surface area contributed by atoms with Gasteiger partial charge >= 0.3 is 0 Å². The molecule has 24 heavy (non-hydrogen) atoms. The summed E-state index contributed by atoms with van der Waals surface area (Å²) < 4.78 is 25.9. The fraction of sp³-hybridized carbons (Fsp3) is 0.588. The van der Waals surface area contributed by atoms with Gasteiger partial charge in [-0.3, -0.25) is 9.52 Å². The van der Waals surface area contributed by atoms with Crippen LogP contribution in [0.1, 0.15) is 39.0 Å². The lowest BCUT2D eigenvalue weighted by atomic mass is 9.93. The summed E-state index contributed by atoms with van der Waals surface area (Å²) in [6, 6.07) is 6.75. The van der Waals surface area contributed by atoms with Gasteiger partial charge in [0, 0.05) is 17.8 Å². The molecule has 6 nitrogen and oxygen atoms in total. The van der Waals surface area contributed by atoms with Crippen LogP contribution in [0.15, 0.2) is 24.3 Å². The van der Waals surface area contributed by atoms with Gasteiger partial charge in [-0.1, -0.05) is 6.92 Å². The van der Waals surface area contributed by atoms with Crippen molar-refractivity contribution in [2.45, 2.75) is 39.0 Å². The molecule has 1 aliphatic rings. The Morgan fingerprint density at radius 1 is 1.17 bits per heavy atom. The smallest absolute Gasteiger partial charge is 0.232 e. The molecule has 2 rings (SSSR count). The highest BCUT2D eigenvalue weighted by molar-refractivity contribution is 7.92. The molecule has 7 heteroatoms. The summed E-state index contributed by atoms with van der Waals surface area (Å²) in [7, 11) is -3.28. The minimum absolute atomic E-state index is 0.00727. The number of hydrogen-bond donors (Lipinski definition) is 3. The minimum Gasteiger partial charge on any atom is -0.326 e. The van der Waals surface area contributed by atoms with E-state index in [0.29, 0.717) is 30.1 Å². The SMILES string of the molecule is CCCS(=O)(=O)Nc1ccc(NC(=O)CCC2CCNCC2)cc1. The number of amides is 1. The molecule has 0 spiro atoms. The fourth-order valence-corrected chi connectivity index (χ4v) is 3.98. The van der Waals surface area contributed by atoms with E-state index in [1.807, 2.05) is 6.92 Å². The van der Waals surface area contributed by atoms with Crippen molar-refractivity contribution in [3.05, 3.63) is 24.3 Å². The van der Waals surface area contributed by atoms with Gasteiger partial charge < -0.3 is 10.6 Å². The Kier molecular flexibility index (Phi) is 7.05. The van der Waals surface area contributed by atoms with Gasteiger partial charge in [0.05, 0.1) is 5.75 Å². The Morgan fingerprint density at radius 3 is 2.42 bits per heavy atom. The largest absolute Gasteiger partial charge is 0.326 e. The van der Waals surface area contributed by atoms with Crippen LogP contribution in [0.3, 0.4) is 0 Å². The highest BCUT2D eigenvalue weighted by Gasteiger charge is 2.14. The van der Waals surface area contributed by atoms with Crippen LogP contribution in [0, 0.1) is 5.92 Å². The van der Waals surface area contributed by atoms with Crippen LogP contribution in [-0.2, 0) is 14.8 Å². The van der Waals surface area contributed by atoms with Crippen molar-refractivity contribution in [1.29, 1.82) is 0 Å². The number of carbonyl (C=O) groups excluding carboxylic acids is 1. The number of anilines is 2. The standard InChI is InChI=1S/C17H27N3O3S/c1-2-13-24(22,23)20-16-6-4-15(5-7-16)19-17(21)8-3-14-9-11-18-12-10-14/h4-7,14,18,20H,2-3,8-13H2,1H3,(H,19,21). The number of sulfonamides is 1. The molecule has 0 aromatic heterocycles. The normalized spacial score (nSPS) is 15.9. The summed E-state index contributed by atoms with van der Waals surface area (Å²) in [4.78, 5) is 12.0. The van der Waals surface area contributed by atoms with E-state index in [2.05, 4.69) is 15.4 Å². The summed E-state index contributed by atoms with van der Waals surface area (Å²) in [5.74, 6) is 0.738. The van der Waals surface area contributed by atoms with Crippen molar-refractivity contribution >= 4 is 27.3 Å². The quantitative estimate of drug-likeness (QED) is 0.670. The van der Waals surface area contributed by atoms with Crippen LogP contribution < -0.4 is 15.4 Å². The van der Waals surface area contributed by atoms with Crippen LogP contribution in [-0.4, -0.2) is 33.2 Å². The third kappa shape index (κ3) is 6.49. The first-order valence-electron chi connectivity index (χ1n) is 8.59. The molecule has 1 fully saturated rings. The van der Waals surface area contributed by atoms with Crippen LogP contribution in [0.2, 0.25) is 0 Å². The number of hydrogen-bond acceptors (Lipinski definition) is 4. The van der Waals surface area contributed by atoms with Crippen LogP contribution in [0.4, 0.5) is 11.4 Å². The van der Waals surface area contributed by atoms with E-state index in [9.17, 15) is 13.2 Å². The predicted octanol–water partition coefficient (Wildman–Crippen LogP) is 2.56. The van der Waals surface area contributed by atoms with Gasteiger partial charge in [0.2, 0.25) is 15.9 Å². The number of piperidine rings is 1. The molecule has 1 amide bonds. The number of rotatable bonds is 8. The predicted molar refractivity (Wildman–Crippen MR) is 97.6 cm³/mol. The molecule has 0 saturated carbocycles. The average Bonchev–Trinajstić information content (AvgIpc) is 2.55. The number of benzene rings is 1. The summed E-state index contributed by atoms with van der Waals surface area (Å²) >= 11 is 0. The third-order valence-electron chi connectivity index (χ3n) is 4.15. The molecule has 1 aromatic carbocycles. The molecule has 0 bridgehead atoms. The third-order valence-corrected chi connectivity index (χ3v) is 5.65. The molecule has 1 aromatic rings. The van der Waals surface area contributed by atoms with Gasteiger partial charge in [-0.05, 0) is 69.0 Å². The number of nitrogens with one attached hydrogen (secondary N) is 3. The van der Waals surface area contributed by atoms with E-state index in [4.69, 9.17) is 0 Å². The molecule has 0 unspecified atom stereocenters. The highest BCUT2D eigenvalue weighted by atomic mass is 32.2. The molecule has 3 N–H and O–H groups in total. The van der Waals surface area contributed by atoms with Gasteiger partial charge in [0.1, 0.15) is 0 Å². The van der Waals surface area contributed by atoms with Crippen molar-refractivity contribution in [3.8, 4) is 0 Å². The molecule has 1 saturated heterocycles. The Balaban J connectivity index is 1.79. The van der Waals surface area contributed by atoms with Crippen molar-refractivity contribution in [2.75, 3.05) is 28.9 Å². The van der Waals surface area contributed by atoms with Crippen molar-refractivity contribution < 1.29 is 13.2 Å². The van der Waals surface area contributed by atoms with E-state index >= 15 is 0 Å². The fourth-order valence-electron chi connectivity index (χ4n) is 2.85. The summed E-state index contributed by atoms with van der Waals surface area (Å²) in [5.41, 5.74) is 1.19. The zero-order valence-electron chi connectivity index (χ0n) is 14.2. The lowest BCUT2D eigenvalue weighted by Gasteiger charge is -2.22. The molecule has 134 valence electrons. The molecular formula is C17H27N3O3S. The minimum atomic E-state index is -3.28. The van der Waals surface area contributed by atoms with E-state index in [-0.39, 0.29) is 11.7 Å². The molecule has 0 radical (unpaired) electrons. The first-order valence-corrected chi connectivity index (χ1v) is 10.2. The molecule has 1 aliphatic heterocycles. The maximum absolute atomic E-state index is 12.0. The van der Waals surface area contributed by atoms with E-state index in [0.717, 1.165) is 32.4 Å². The van der Waals surface area contributed by atoms with E-state index < -0.39 is 10.0 Å². The Hall–Kier alpha value is -1.60. The topological polar surface area (TPSA) is 87.3 Å². The van der Waals surface area contributed by atoms with Crippen LogP contribution >= 0.6 is 0 Å². The zero-order valence-corrected chi connectivity index (χ0v) is 15.0. The van der Waals surface area contributed by atoms with E-state index in [1.165, 1.54) is 0 Å². The van der Waals surface area contributed by atoms with Crippen molar-refractivity contribution in [1.82, 2.24) is 5.32 Å². The molecule has 0 aliphatic carbocycles. The zero-order chi connectivity index (χ0) is 17.4. The second-order valence-electron chi connectivity index (χ2n) is 6.28. The van der Waals surface area contributed by atoms with Crippen LogP contribution in [0.25, 0.3) is 0 Å². The lowest BCUT2D eigenvalue weighted by Crippen LogP contribution is -2.28. The monoisotopic (exact) mass is 353 g/mol.